The molecule has 5 aromatic carbocycles. The van der Waals surface area contributed by atoms with E-state index in [1.165, 1.54) is 10.4 Å². The third-order valence-electron chi connectivity index (χ3n) is 15.7. The maximum atomic E-state index is 10.5. The van der Waals surface area contributed by atoms with Crippen LogP contribution in [-0.2, 0) is 0 Å². The summed E-state index contributed by atoms with van der Waals surface area (Å²) in [6.07, 6.45) is 21.4. The summed E-state index contributed by atoms with van der Waals surface area (Å²) in [6, 6.07) is 29.8. The smallest absolute Gasteiger partial charge is 0.164 e. The van der Waals surface area contributed by atoms with E-state index in [4.69, 9.17) is 15.0 Å². The molecular formula is C57H67N3Si2. The van der Waals surface area contributed by atoms with Gasteiger partial charge in [-0.2, -0.15) is 0 Å². The molecule has 62 heavy (non-hydrogen) atoms. The van der Waals surface area contributed by atoms with E-state index < -0.39 is 16.1 Å². The summed E-state index contributed by atoms with van der Waals surface area (Å²) in [5, 5.41) is 3.63. The van der Waals surface area contributed by atoms with E-state index >= 15 is 0 Å². The van der Waals surface area contributed by atoms with Crippen molar-refractivity contribution < 1.29 is 11.0 Å². The van der Waals surface area contributed by atoms with E-state index in [9.17, 15) is 11.0 Å². The Balaban J connectivity index is 1.27. The lowest BCUT2D eigenvalue weighted by atomic mass is 9.99. The van der Waals surface area contributed by atoms with Gasteiger partial charge in [0.1, 0.15) is 16.1 Å². The zero-order chi connectivity index (χ0) is 48.6. The third-order valence-corrected chi connectivity index (χ3v) is 27.9. The molecule has 4 fully saturated rings. The molecule has 4 aliphatic carbocycles. The fourth-order valence-corrected chi connectivity index (χ4v) is 26.4. The molecule has 5 heteroatoms. The largest absolute Gasteiger partial charge is 0.208 e. The van der Waals surface area contributed by atoms with Crippen LogP contribution in [0, 0.1) is 0 Å². The van der Waals surface area contributed by atoms with Crippen molar-refractivity contribution in [2.75, 3.05) is 0 Å². The van der Waals surface area contributed by atoms with E-state index in [-0.39, 0.29) is 99.1 Å². The average molecular weight is 858 g/mol. The van der Waals surface area contributed by atoms with Crippen LogP contribution >= 0.6 is 0 Å². The fraction of sp³-hybridized carbons (Fsp3) is 0.421. The third kappa shape index (κ3) is 8.02. The average Bonchev–Trinajstić information content (AvgIpc) is 3.41. The Morgan fingerprint density at radius 3 is 0.984 bits per heavy atom. The molecule has 0 spiro atoms. The zero-order valence-electron chi connectivity index (χ0n) is 44.5. The van der Waals surface area contributed by atoms with Crippen molar-refractivity contribution >= 4 is 36.9 Å². The highest BCUT2D eigenvalue weighted by atomic mass is 28.3. The predicted molar refractivity (Wildman–Crippen MR) is 266 cm³/mol. The molecule has 4 aliphatic rings. The molecular weight excluding hydrogens is 783 g/mol. The molecule has 0 N–H and O–H groups in total. The van der Waals surface area contributed by atoms with Gasteiger partial charge in [0, 0.05) is 16.7 Å². The molecule has 3 nitrogen and oxygen atoms in total. The minimum Gasteiger partial charge on any atom is -0.208 e. The van der Waals surface area contributed by atoms with Gasteiger partial charge in [0.25, 0.3) is 0 Å². The molecule has 318 valence electrons. The fourth-order valence-electron chi connectivity index (χ4n) is 13.0. The van der Waals surface area contributed by atoms with Crippen LogP contribution in [0.4, 0.5) is 0 Å². The van der Waals surface area contributed by atoms with Crippen molar-refractivity contribution in [3.05, 3.63) is 139 Å². The van der Waals surface area contributed by atoms with Gasteiger partial charge in [-0.25, -0.2) is 15.0 Å². The van der Waals surface area contributed by atoms with Crippen LogP contribution in [0.1, 0.15) is 139 Å². The van der Waals surface area contributed by atoms with Crippen molar-refractivity contribution in [1.82, 2.24) is 15.0 Å². The molecule has 10 rings (SSSR count). The van der Waals surface area contributed by atoms with Crippen LogP contribution in [-0.4, -0.2) is 31.1 Å². The van der Waals surface area contributed by atoms with Crippen LogP contribution in [0.5, 0.6) is 0 Å². The molecule has 0 bridgehead atoms. The summed E-state index contributed by atoms with van der Waals surface area (Å²) in [5.41, 5.74) is 1.83. The first-order chi connectivity index (χ1) is 34.1. The number of aromatic nitrogens is 3. The van der Waals surface area contributed by atoms with Crippen LogP contribution in [0.3, 0.4) is 0 Å². The maximum absolute atomic E-state index is 10.5. The van der Waals surface area contributed by atoms with Crippen molar-refractivity contribution in [2.45, 2.75) is 151 Å². The predicted octanol–water partition coefficient (Wildman–Crippen LogP) is 13.3. The van der Waals surface area contributed by atoms with Gasteiger partial charge in [0.05, 0.1) is 11.0 Å². The Labute approximate surface area is 385 Å². The molecule has 0 amide bonds. The number of rotatable bonds is 11. The second-order valence-corrected chi connectivity index (χ2v) is 27.9. The second kappa shape index (κ2) is 19.1. The number of hydrogen-bond donors (Lipinski definition) is 0. The first-order valence-electron chi connectivity index (χ1n) is 28.2. The summed E-state index contributed by atoms with van der Waals surface area (Å²) >= 11 is 0. The van der Waals surface area contributed by atoms with Crippen LogP contribution in [0.15, 0.2) is 139 Å². The standard InChI is InChI=1S/C57H67N3Si2/c1-8-24-44(25-9-1)55-58-56(45-26-22-40-53(42-45)61(47-28-10-2-11-29-47,48-30-12-3-13-31-48)49-32-14-4-15-33-49)60-57(59-55)46-27-23-41-54(43-46)62(50-34-16-5-17-35-50,51-36-18-6-19-37-51)52-38-20-7-21-39-52/h1-2,5,8-11,16-17,22-29,34-35,40-43,48-49,51-52H,3-4,6-7,12-15,18-21,30-33,36-39H2/i22D,23D,26D,27D,40D,41D,42D,43D. The van der Waals surface area contributed by atoms with Crippen molar-refractivity contribution in [3.63, 3.8) is 0 Å². The first-order valence-corrected chi connectivity index (χ1v) is 28.6. The van der Waals surface area contributed by atoms with Gasteiger partial charge in [-0.3, -0.25) is 0 Å². The molecule has 0 atom stereocenters. The molecule has 0 aliphatic heterocycles. The second-order valence-electron chi connectivity index (χ2n) is 19.0. The Morgan fingerprint density at radius 2 is 0.645 bits per heavy atom. The molecule has 1 heterocycles. The van der Waals surface area contributed by atoms with Gasteiger partial charge in [-0.1, -0.05) is 288 Å². The van der Waals surface area contributed by atoms with Crippen molar-refractivity contribution in [1.29, 1.82) is 0 Å². The number of nitrogens with zero attached hydrogens (tertiary/aromatic N) is 3. The van der Waals surface area contributed by atoms with Crippen molar-refractivity contribution in [2.24, 2.45) is 0 Å². The van der Waals surface area contributed by atoms with Gasteiger partial charge in [0.15, 0.2) is 17.5 Å². The highest BCUT2D eigenvalue weighted by Crippen LogP contribution is 2.50. The van der Waals surface area contributed by atoms with Crippen LogP contribution in [0.2, 0.25) is 22.2 Å². The summed E-state index contributed by atoms with van der Waals surface area (Å²) in [7, 11) is -6.17. The van der Waals surface area contributed by atoms with Crippen molar-refractivity contribution in [3.8, 4) is 34.2 Å². The monoisotopic (exact) mass is 858 g/mol. The van der Waals surface area contributed by atoms with E-state index in [2.05, 4.69) is 48.5 Å². The number of hydrogen-bond acceptors (Lipinski definition) is 3. The Bertz CT molecular complexity index is 2600. The highest BCUT2D eigenvalue weighted by molar-refractivity contribution is 7.05. The summed E-state index contributed by atoms with van der Waals surface area (Å²) in [4.78, 5) is 15.3. The molecule has 0 saturated heterocycles. The van der Waals surface area contributed by atoms with Gasteiger partial charge in [-0.05, 0) is 22.2 Å². The summed E-state index contributed by atoms with van der Waals surface area (Å²) < 4.78 is 79.6. The first kappa shape index (κ1) is 33.1. The minimum absolute atomic E-state index is 0.00446. The molecule has 6 aromatic rings. The molecule has 4 saturated carbocycles. The highest BCUT2D eigenvalue weighted by Gasteiger charge is 2.52. The minimum atomic E-state index is -3.09. The molecule has 0 unspecified atom stereocenters. The topological polar surface area (TPSA) is 38.7 Å². The lowest BCUT2D eigenvalue weighted by Gasteiger charge is -2.48. The molecule has 1 aromatic heterocycles. The lowest BCUT2D eigenvalue weighted by molar-refractivity contribution is 0.459. The zero-order valence-corrected chi connectivity index (χ0v) is 38.5. The van der Waals surface area contributed by atoms with E-state index in [1.54, 1.807) is 0 Å². The van der Waals surface area contributed by atoms with Crippen LogP contribution in [0.25, 0.3) is 34.2 Å². The lowest BCUT2D eigenvalue weighted by Crippen LogP contribution is -2.65. The Morgan fingerprint density at radius 1 is 0.339 bits per heavy atom. The Hall–Kier alpha value is -4.46. The normalized spacial score (nSPS) is 20.8. The van der Waals surface area contributed by atoms with Gasteiger partial charge < -0.3 is 0 Å². The van der Waals surface area contributed by atoms with Crippen LogP contribution < -0.4 is 20.7 Å². The summed E-state index contributed by atoms with van der Waals surface area (Å²) in [5.74, 6) is 0.246. The van der Waals surface area contributed by atoms with E-state index in [0.29, 0.717) is 15.9 Å². The maximum Gasteiger partial charge on any atom is 0.164 e. The van der Waals surface area contributed by atoms with Gasteiger partial charge >= 0.3 is 0 Å². The van der Waals surface area contributed by atoms with Gasteiger partial charge in [-0.15, -0.1) is 0 Å². The quantitative estimate of drug-likeness (QED) is 0.122. The van der Waals surface area contributed by atoms with Gasteiger partial charge in [0.2, 0.25) is 0 Å². The Kier molecular flexibility index (Phi) is 10.2. The van der Waals surface area contributed by atoms with E-state index in [0.717, 1.165) is 128 Å². The SMILES string of the molecule is [2H]c1c([2H])c(-c2nc(-c3ccccc3)nc(-c3c([2H])c([2H])c([2H])c([Si](c4ccccc4)(C4CCCCC4)C4CCCCC4)c3[2H])n2)c([2H])c([Si](c2ccccc2)(C2CCCCC2)C2CCCCC2)c1[2H]. The number of benzene rings is 5. The molecule has 0 radical (unpaired) electrons. The van der Waals surface area contributed by atoms with E-state index in [1.807, 2.05) is 42.5 Å². The summed E-state index contributed by atoms with van der Waals surface area (Å²) in [6.45, 7) is 0.